The van der Waals surface area contributed by atoms with E-state index in [1.54, 1.807) is 7.05 Å². The Balaban J connectivity index is 2.15. The van der Waals surface area contributed by atoms with Crippen LogP contribution in [-0.4, -0.2) is 36.8 Å². The molecule has 6 nitrogen and oxygen atoms in total. The maximum atomic E-state index is 9.33. The van der Waals surface area contributed by atoms with Crippen LogP contribution in [-0.2, 0) is 0 Å². The lowest BCUT2D eigenvalue weighted by Crippen LogP contribution is -2.35. The fraction of sp³-hybridized carbons (Fsp3) is 0.312. The lowest BCUT2D eigenvalue weighted by molar-refractivity contribution is 0.340. The Labute approximate surface area is 140 Å². The molecular formula is C16H19N5OS. The van der Waals surface area contributed by atoms with Crippen molar-refractivity contribution in [3.8, 4) is 11.8 Å². The van der Waals surface area contributed by atoms with Crippen LogP contribution >= 0.6 is 12.2 Å². The standard InChI is InChI=1S/C16H19N5OS/c1-3-22-13-4-5-14-11(9-13)8-12(10-17)15(21-14)19-6-7-20-16(23)18-2/h4-5,8-9H,3,6-7H2,1-2H3,(H,19,21)(H2,18,20,23). The zero-order valence-corrected chi connectivity index (χ0v) is 14.0. The minimum absolute atomic E-state index is 0.502. The molecule has 0 aliphatic carbocycles. The Morgan fingerprint density at radius 1 is 1.35 bits per heavy atom. The van der Waals surface area contributed by atoms with E-state index in [-0.39, 0.29) is 0 Å². The highest BCUT2D eigenvalue weighted by atomic mass is 32.1. The zero-order valence-electron chi connectivity index (χ0n) is 13.1. The van der Waals surface area contributed by atoms with Crippen molar-refractivity contribution in [3.63, 3.8) is 0 Å². The van der Waals surface area contributed by atoms with E-state index in [1.807, 2.05) is 31.2 Å². The van der Waals surface area contributed by atoms with Crippen molar-refractivity contribution < 1.29 is 4.74 Å². The van der Waals surface area contributed by atoms with Gasteiger partial charge in [-0.2, -0.15) is 5.26 Å². The second-order valence-corrected chi connectivity index (χ2v) is 5.12. The van der Waals surface area contributed by atoms with Crippen LogP contribution in [0.1, 0.15) is 12.5 Å². The zero-order chi connectivity index (χ0) is 16.7. The summed E-state index contributed by atoms with van der Waals surface area (Å²) in [6.45, 7) is 3.77. The number of fused-ring (bicyclic) bond motifs is 1. The van der Waals surface area contributed by atoms with E-state index in [2.05, 4.69) is 27.0 Å². The Morgan fingerprint density at radius 2 is 2.17 bits per heavy atom. The molecule has 0 radical (unpaired) electrons. The normalized spacial score (nSPS) is 9.96. The Morgan fingerprint density at radius 3 is 2.87 bits per heavy atom. The Kier molecular flexibility index (Phi) is 5.94. The molecule has 0 spiro atoms. The van der Waals surface area contributed by atoms with Gasteiger partial charge in [-0.3, -0.25) is 0 Å². The van der Waals surface area contributed by atoms with E-state index < -0.39 is 0 Å². The average molecular weight is 329 g/mol. The topological polar surface area (TPSA) is 82.0 Å². The smallest absolute Gasteiger partial charge is 0.166 e. The lowest BCUT2D eigenvalue weighted by atomic mass is 10.1. The number of benzene rings is 1. The van der Waals surface area contributed by atoms with Gasteiger partial charge in [-0.15, -0.1) is 0 Å². The summed E-state index contributed by atoms with van der Waals surface area (Å²) in [7, 11) is 1.76. The van der Waals surface area contributed by atoms with Crippen molar-refractivity contribution in [2.75, 3.05) is 32.1 Å². The molecular weight excluding hydrogens is 310 g/mol. The van der Waals surface area contributed by atoms with E-state index >= 15 is 0 Å². The second kappa shape index (κ2) is 8.15. The molecule has 0 saturated carbocycles. The third-order valence-electron chi connectivity index (χ3n) is 3.15. The molecule has 120 valence electrons. The van der Waals surface area contributed by atoms with Crippen LogP contribution in [0.3, 0.4) is 0 Å². The van der Waals surface area contributed by atoms with Crippen LogP contribution < -0.4 is 20.7 Å². The van der Waals surface area contributed by atoms with Gasteiger partial charge in [0.25, 0.3) is 0 Å². The summed E-state index contributed by atoms with van der Waals surface area (Å²) in [6.07, 6.45) is 0. The van der Waals surface area contributed by atoms with Crippen LogP contribution in [0.5, 0.6) is 5.75 Å². The maximum absolute atomic E-state index is 9.33. The number of aromatic nitrogens is 1. The number of ether oxygens (including phenoxy) is 1. The number of nitrogens with zero attached hydrogens (tertiary/aromatic N) is 2. The van der Waals surface area contributed by atoms with Crippen LogP contribution in [0, 0.1) is 11.3 Å². The third-order valence-corrected chi connectivity index (χ3v) is 3.50. The van der Waals surface area contributed by atoms with Gasteiger partial charge in [0.05, 0.1) is 17.7 Å². The predicted octanol–water partition coefficient (Wildman–Crippen LogP) is 2.01. The molecule has 0 aliphatic heterocycles. The number of nitriles is 1. The quantitative estimate of drug-likeness (QED) is 0.552. The van der Waals surface area contributed by atoms with Crippen LogP contribution in [0.15, 0.2) is 24.3 Å². The summed E-state index contributed by atoms with van der Waals surface area (Å²) in [5, 5.41) is 19.8. The highest BCUT2D eigenvalue weighted by Gasteiger charge is 2.07. The van der Waals surface area contributed by atoms with Gasteiger partial charge in [0.1, 0.15) is 17.6 Å². The molecule has 0 fully saturated rings. The van der Waals surface area contributed by atoms with Crippen molar-refractivity contribution >= 4 is 34.1 Å². The van der Waals surface area contributed by atoms with Crippen molar-refractivity contribution in [2.24, 2.45) is 0 Å². The number of hydrogen-bond donors (Lipinski definition) is 3. The first-order valence-electron chi connectivity index (χ1n) is 7.35. The number of rotatable bonds is 6. The lowest BCUT2D eigenvalue weighted by Gasteiger charge is -2.11. The highest BCUT2D eigenvalue weighted by Crippen LogP contribution is 2.24. The minimum atomic E-state index is 0.502. The number of thiocarbonyl (C=S) groups is 1. The molecule has 0 aliphatic rings. The van der Waals surface area contributed by atoms with Gasteiger partial charge >= 0.3 is 0 Å². The number of pyridine rings is 1. The fourth-order valence-corrected chi connectivity index (χ4v) is 2.18. The van der Waals surface area contributed by atoms with E-state index in [4.69, 9.17) is 17.0 Å². The van der Waals surface area contributed by atoms with Gasteiger partial charge in [0.15, 0.2) is 5.11 Å². The van der Waals surface area contributed by atoms with Gasteiger partial charge in [-0.25, -0.2) is 4.98 Å². The summed E-state index contributed by atoms with van der Waals surface area (Å²) in [5.74, 6) is 1.34. The van der Waals surface area contributed by atoms with Gasteiger partial charge in [-0.05, 0) is 43.4 Å². The second-order valence-electron chi connectivity index (χ2n) is 4.72. The third kappa shape index (κ3) is 4.44. The summed E-state index contributed by atoms with van der Waals surface area (Å²) < 4.78 is 5.48. The number of hydrogen-bond acceptors (Lipinski definition) is 5. The fourth-order valence-electron chi connectivity index (χ4n) is 2.08. The van der Waals surface area contributed by atoms with E-state index in [0.29, 0.717) is 36.2 Å². The molecule has 2 rings (SSSR count). The average Bonchev–Trinajstić information content (AvgIpc) is 2.58. The van der Waals surface area contributed by atoms with Gasteiger partial charge < -0.3 is 20.7 Å². The monoisotopic (exact) mass is 329 g/mol. The SMILES string of the molecule is CCOc1ccc2nc(NCCNC(=S)NC)c(C#N)cc2c1. The predicted molar refractivity (Wildman–Crippen MR) is 95.8 cm³/mol. The maximum Gasteiger partial charge on any atom is 0.166 e. The molecule has 0 amide bonds. The van der Waals surface area contributed by atoms with Gasteiger partial charge in [0.2, 0.25) is 0 Å². The molecule has 3 N–H and O–H groups in total. The molecule has 1 aromatic heterocycles. The summed E-state index contributed by atoms with van der Waals surface area (Å²) in [6, 6.07) is 9.65. The Hall–Kier alpha value is -2.59. The molecule has 0 saturated heterocycles. The summed E-state index contributed by atoms with van der Waals surface area (Å²) >= 11 is 5.00. The number of anilines is 1. The first-order chi connectivity index (χ1) is 11.2. The minimum Gasteiger partial charge on any atom is -0.494 e. The Bertz CT molecular complexity index is 741. The van der Waals surface area contributed by atoms with Crippen molar-refractivity contribution in [3.05, 3.63) is 29.8 Å². The first-order valence-corrected chi connectivity index (χ1v) is 7.76. The molecule has 0 atom stereocenters. The largest absolute Gasteiger partial charge is 0.494 e. The summed E-state index contributed by atoms with van der Waals surface area (Å²) in [5.41, 5.74) is 1.32. The number of nitrogens with one attached hydrogen (secondary N) is 3. The van der Waals surface area contributed by atoms with Gasteiger partial charge in [0, 0.05) is 25.5 Å². The van der Waals surface area contributed by atoms with E-state index in [1.165, 1.54) is 0 Å². The van der Waals surface area contributed by atoms with Crippen LogP contribution in [0.25, 0.3) is 10.9 Å². The first kappa shape index (κ1) is 16.8. The molecule has 1 aromatic carbocycles. The molecule has 0 bridgehead atoms. The summed E-state index contributed by atoms with van der Waals surface area (Å²) in [4.78, 5) is 4.52. The van der Waals surface area contributed by atoms with Crippen molar-refractivity contribution in [2.45, 2.75) is 6.92 Å². The molecule has 7 heteroatoms. The van der Waals surface area contributed by atoms with E-state index in [0.717, 1.165) is 16.7 Å². The molecule has 23 heavy (non-hydrogen) atoms. The molecule has 1 heterocycles. The van der Waals surface area contributed by atoms with Crippen LogP contribution in [0.4, 0.5) is 5.82 Å². The van der Waals surface area contributed by atoms with Crippen molar-refractivity contribution in [1.82, 2.24) is 15.6 Å². The van der Waals surface area contributed by atoms with Gasteiger partial charge in [-0.1, -0.05) is 0 Å². The molecule has 2 aromatic rings. The van der Waals surface area contributed by atoms with Crippen molar-refractivity contribution in [1.29, 1.82) is 5.26 Å². The highest BCUT2D eigenvalue weighted by molar-refractivity contribution is 7.80. The van der Waals surface area contributed by atoms with Crippen LogP contribution in [0.2, 0.25) is 0 Å². The molecule has 0 unspecified atom stereocenters. The van der Waals surface area contributed by atoms with E-state index in [9.17, 15) is 5.26 Å².